The van der Waals surface area contributed by atoms with Crippen LogP contribution in [0.2, 0.25) is 12.1 Å². The first kappa shape index (κ1) is 27.5. The Morgan fingerprint density at radius 2 is 1.63 bits per heavy atom. The van der Waals surface area contributed by atoms with Crippen molar-refractivity contribution < 1.29 is 57.7 Å². The summed E-state index contributed by atoms with van der Waals surface area (Å²) in [6.45, 7) is 5.01. The molecule has 148 valence electrons. The Bertz CT molecular complexity index is 624. The predicted molar refractivity (Wildman–Crippen MR) is 104 cm³/mol. The Morgan fingerprint density at radius 1 is 1.00 bits per heavy atom. The molecule has 0 heterocycles. The van der Waals surface area contributed by atoms with Gasteiger partial charge in [0.25, 0.3) is 0 Å². The summed E-state index contributed by atoms with van der Waals surface area (Å²) in [5.74, 6) is 0. The van der Waals surface area contributed by atoms with Crippen LogP contribution in [-0.2, 0) is 20.4 Å². The van der Waals surface area contributed by atoms with Gasteiger partial charge < -0.3 is 37.2 Å². The smallest absolute Gasteiger partial charge is 1.00 e. The molecular weight excluding hydrogens is 447 g/mol. The van der Waals surface area contributed by atoms with E-state index >= 15 is 0 Å². The number of benzene rings is 1. The Kier molecular flexibility index (Phi) is 13.2. The molecule has 1 aromatic rings. The summed E-state index contributed by atoms with van der Waals surface area (Å²) in [6.07, 6.45) is 15.0. The van der Waals surface area contributed by atoms with Crippen LogP contribution in [0.3, 0.4) is 0 Å². The van der Waals surface area contributed by atoms with Crippen molar-refractivity contribution in [1.82, 2.24) is 0 Å². The Morgan fingerprint density at radius 3 is 2.22 bits per heavy atom. The summed E-state index contributed by atoms with van der Waals surface area (Å²) in [5, 5.41) is 3.48. The Labute approximate surface area is 197 Å². The second-order valence-electron chi connectivity index (χ2n) is 7.79. The normalized spacial score (nSPS) is 19.3. The second-order valence-corrected chi connectivity index (χ2v) is 13.1. The van der Waals surface area contributed by atoms with Crippen LogP contribution in [0, 0.1) is 0 Å². The van der Waals surface area contributed by atoms with Gasteiger partial charge in [0.15, 0.2) is 0 Å². The first-order chi connectivity index (χ1) is 11.7. The third-order valence-electron chi connectivity index (χ3n) is 6.33. The Hall–Kier alpha value is 0.501. The van der Waals surface area contributed by atoms with Gasteiger partial charge >= 0.3 is 162 Å². The van der Waals surface area contributed by atoms with Crippen molar-refractivity contribution in [3.8, 4) is 0 Å². The van der Waals surface area contributed by atoms with Gasteiger partial charge in [-0.05, 0) is 0 Å². The van der Waals surface area contributed by atoms with Crippen molar-refractivity contribution in [2.24, 2.45) is 0 Å². The Balaban J connectivity index is 0.00000225. The van der Waals surface area contributed by atoms with Crippen LogP contribution in [0.5, 0.6) is 0 Å². The van der Waals surface area contributed by atoms with Crippen molar-refractivity contribution in [1.29, 1.82) is 0 Å². The zero-order valence-corrected chi connectivity index (χ0v) is 21.4. The standard InChI is InChI=1S/C22H31Si.3ClH.Ti/c1-3-4-12-19-13-11-18-22(19)23(2,20-14-7-5-8-15-20)21-16-9-6-10-17-21;;;;/h5,7-8,14-15,18,21H,3-4,6,9-12,16-17H2,1-2H3;3*1H;/q;;;;+3/p-3. The summed E-state index contributed by atoms with van der Waals surface area (Å²) in [4.78, 5) is 0. The minimum absolute atomic E-state index is 0. The van der Waals surface area contributed by atoms with Crippen LogP contribution < -0.4 is 42.4 Å². The molecule has 5 heteroatoms. The quantitative estimate of drug-likeness (QED) is 0.388. The van der Waals surface area contributed by atoms with Crippen molar-refractivity contribution >= 4 is 13.3 Å². The molecule has 0 N–H and O–H groups in total. The van der Waals surface area contributed by atoms with Gasteiger partial charge in [-0.1, -0.05) is 0 Å². The molecule has 0 spiro atoms. The average Bonchev–Trinajstić information content (AvgIpc) is 3.01. The summed E-state index contributed by atoms with van der Waals surface area (Å²) in [5.41, 5.74) is 2.68. The minimum atomic E-state index is -1.64. The van der Waals surface area contributed by atoms with Crippen LogP contribution in [0.15, 0.2) is 51.1 Å². The van der Waals surface area contributed by atoms with Gasteiger partial charge in [0.05, 0.1) is 0 Å². The molecule has 0 nitrogen and oxygen atoms in total. The zero-order chi connectivity index (χ0) is 17.0. The van der Waals surface area contributed by atoms with E-state index in [4.69, 9.17) is 0 Å². The van der Waals surface area contributed by atoms with Gasteiger partial charge in [0.2, 0.25) is 0 Å². The van der Waals surface area contributed by atoms with Gasteiger partial charge in [0.1, 0.15) is 0 Å². The molecule has 1 atom stereocenters. The van der Waals surface area contributed by atoms with E-state index in [9.17, 15) is 0 Å². The molecule has 1 aromatic carbocycles. The van der Waals surface area contributed by atoms with E-state index in [-0.39, 0.29) is 37.2 Å². The molecular formula is C22H31Cl3SiTi. The minimum Gasteiger partial charge on any atom is -1.00 e. The fraction of sp³-hybridized carbons (Fsp3) is 0.545. The molecule has 0 saturated heterocycles. The second kappa shape index (κ2) is 12.9. The van der Waals surface area contributed by atoms with Crippen LogP contribution in [0.25, 0.3) is 0 Å². The zero-order valence-electron chi connectivity index (χ0n) is 16.5. The molecule has 1 unspecified atom stereocenters. The average molecular weight is 478 g/mol. The van der Waals surface area contributed by atoms with Crippen LogP contribution in [0.4, 0.5) is 0 Å². The van der Waals surface area contributed by atoms with Crippen LogP contribution >= 0.6 is 0 Å². The third-order valence-corrected chi connectivity index (χ3v) is 12.5. The van der Waals surface area contributed by atoms with Crippen LogP contribution in [0.1, 0.15) is 64.7 Å². The predicted octanol–water partition coefficient (Wildman–Crippen LogP) is -2.82. The van der Waals surface area contributed by atoms with E-state index in [2.05, 4.69) is 70.3 Å². The maximum absolute atomic E-state index is 2.69. The molecule has 0 aromatic heterocycles. The molecule has 3 rings (SSSR count). The van der Waals surface area contributed by atoms with Gasteiger partial charge in [-0.25, -0.2) is 0 Å². The largest absolute Gasteiger partial charge is 1.00 e. The van der Waals surface area contributed by atoms with Crippen molar-refractivity contribution in [2.75, 3.05) is 0 Å². The maximum atomic E-state index is 2.69. The molecule has 0 amide bonds. The molecule has 0 radical (unpaired) electrons. The van der Waals surface area contributed by atoms with E-state index in [1.54, 1.807) is 14.6 Å². The summed E-state index contributed by atoms with van der Waals surface area (Å²) < 4.78 is 1.66. The van der Waals surface area contributed by atoms with Crippen LogP contribution in [-0.4, -0.2) is 8.07 Å². The fourth-order valence-corrected chi connectivity index (χ4v) is 10.7. The van der Waals surface area contributed by atoms with Crippen molar-refractivity contribution in [2.45, 2.75) is 76.8 Å². The summed E-state index contributed by atoms with van der Waals surface area (Å²) >= 11 is 2.38. The van der Waals surface area contributed by atoms with Crippen molar-refractivity contribution in [3.05, 3.63) is 51.1 Å². The first-order valence-electron chi connectivity index (χ1n) is 9.88. The molecule has 2 aliphatic carbocycles. The van der Waals surface area contributed by atoms with Gasteiger partial charge in [-0.2, -0.15) is 0 Å². The SMILES string of the molecule is CCCCC1=[C]([Ti+3])CC=C1[Si](C)(c1ccccc1)C1CCCCC1.[Cl-].[Cl-].[Cl-]. The van der Waals surface area contributed by atoms with Gasteiger partial charge in [-0.3, -0.25) is 0 Å². The number of unbranched alkanes of at least 4 members (excludes halogenated alkanes) is 1. The molecule has 2 aliphatic rings. The number of allylic oxidation sites excluding steroid dienone is 4. The topological polar surface area (TPSA) is 0 Å². The summed E-state index contributed by atoms with van der Waals surface area (Å²) in [7, 11) is -1.64. The number of hydrogen-bond donors (Lipinski definition) is 0. The third kappa shape index (κ3) is 6.00. The molecule has 1 fully saturated rings. The van der Waals surface area contributed by atoms with Crippen molar-refractivity contribution in [3.63, 3.8) is 0 Å². The van der Waals surface area contributed by atoms with Gasteiger partial charge in [0, 0.05) is 0 Å². The van der Waals surface area contributed by atoms with Gasteiger partial charge in [-0.15, -0.1) is 0 Å². The fourth-order valence-electron chi connectivity index (χ4n) is 4.85. The molecule has 0 bridgehead atoms. The van der Waals surface area contributed by atoms with E-state index in [1.807, 2.05) is 5.20 Å². The molecule has 27 heavy (non-hydrogen) atoms. The molecule has 0 aliphatic heterocycles. The number of hydrogen-bond acceptors (Lipinski definition) is 0. The summed E-state index contributed by atoms with van der Waals surface area (Å²) in [6, 6.07) is 11.6. The first-order valence-corrected chi connectivity index (χ1v) is 13.2. The van der Waals surface area contributed by atoms with E-state index < -0.39 is 8.07 Å². The van der Waals surface area contributed by atoms with E-state index in [1.165, 1.54) is 57.8 Å². The van der Waals surface area contributed by atoms with E-state index in [0.717, 1.165) is 5.54 Å². The number of rotatable bonds is 6. The van der Waals surface area contributed by atoms with E-state index in [0.29, 0.717) is 0 Å². The molecule has 1 saturated carbocycles. The maximum Gasteiger partial charge on any atom is -1.00 e. The number of halogens is 3. The monoisotopic (exact) mass is 476 g/mol.